The van der Waals surface area contributed by atoms with Crippen LogP contribution in [0, 0.1) is 6.92 Å². The monoisotopic (exact) mass is 329 g/mol. The number of carbonyl (C=O) groups is 1. The molecule has 0 fully saturated rings. The van der Waals surface area contributed by atoms with Gasteiger partial charge in [0.2, 0.25) is 0 Å². The summed E-state index contributed by atoms with van der Waals surface area (Å²) >= 11 is 0. The van der Waals surface area contributed by atoms with Crippen LogP contribution in [0.15, 0.2) is 60.7 Å². The van der Waals surface area contributed by atoms with Crippen LogP contribution in [0.25, 0.3) is 22.2 Å². The number of aromatic amines is 1. The molecule has 0 saturated carbocycles. The van der Waals surface area contributed by atoms with Gasteiger partial charge in [0.25, 0.3) is 0 Å². The maximum atomic E-state index is 12.8. The highest BCUT2D eigenvalue weighted by Gasteiger charge is 2.19. The van der Waals surface area contributed by atoms with Gasteiger partial charge >= 0.3 is 0 Å². The van der Waals surface area contributed by atoms with Crippen LogP contribution in [0.4, 0.5) is 0 Å². The molecule has 0 aliphatic rings. The molecule has 0 bridgehead atoms. The lowest BCUT2D eigenvalue weighted by Gasteiger charge is -2.12. The minimum atomic E-state index is -0.213. The van der Waals surface area contributed by atoms with Crippen molar-refractivity contribution < 1.29 is 9.90 Å². The van der Waals surface area contributed by atoms with Crippen LogP contribution in [0.5, 0.6) is 5.75 Å². The number of nitrogens with zero attached hydrogens (tertiary/aromatic N) is 2. The van der Waals surface area contributed by atoms with E-state index in [-0.39, 0.29) is 17.1 Å². The van der Waals surface area contributed by atoms with Gasteiger partial charge in [0.1, 0.15) is 16.8 Å². The van der Waals surface area contributed by atoms with Crippen molar-refractivity contribution in [2.75, 3.05) is 0 Å². The minimum absolute atomic E-state index is 0.0463. The molecule has 0 unspecified atom stereocenters. The molecule has 0 aliphatic heterocycles. The van der Waals surface area contributed by atoms with Crippen LogP contribution in [-0.4, -0.2) is 26.3 Å². The molecular formula is C20H15N3O2. The fourth-order valence-electron chi connectivity index (χ4n) is 2.99. The van der Waals surface area contributed by atoms with E-state index in [1.807, 2.05) is 37.3 Å². The van der Waals surface area contributed by atoms with Gasteiger partial charge in [-0.2, -0.15) is 15.4 Å². The molecule has 5 heteroatoms. The van der Waals surface area contributed by atoms with Crippen molar-refractivity contribution in [1.29, 1.82) is 0 Å². The number of ketones is 1. The Labute approximate surface area is 143 Å². The number of fused-ring (bicyclic) bond motifs is 1. The van der Waals surface area contributed by atoms with E-state index in [2.05, 4.69) is 15.4 Å². The molecule has 25 heavy (non-hydrogen) atoms. The Hall–Kier alpha value is -3.47. The third-order valence-electron chi connectivity index (χ3n) is 4.17. The smallest absolute Gasteiger partial charge is 0.196 e. The Bertz CT molecular complexity index is 1080. The van der Waals surface area contributed by atoms with Crippen LogP contribution in [0.3, 0.4) is 0 Å². The number of phenols is 1. The number of aromatic hydroxyl groups is 1. The Morgan fingerprint density at radius 2 is 1.76 bits per heavy atom. The summed E-state index contributed by atoms with van der Waals surface area (Å²) in [5.41, 5.74) is 4.35. The number of para-hydroxylation sites is 1. The standard InChI is InChI=1S/C20H15N3O2/c1-12-10-15(14-8-5-9-17-18(14)22-23-21-17)20(25)16(11-12)19(24)13-6-3-2-4-7-13/h2-11,25H,1H3,(H,21,22,23). The average molecular weight is 329 g/mol. The molecule has 122 valence electrons. The van der Waals surface area contributed by atoms with E-state index < -0.39 is 0 Å². The lowest BCUT2D eigenvalue weighted by Crippen LogP contribution is -2.03. The van der Waals surface area contributed by atoms with Crippen LogP contribution in [0.2, 0.25) is 0 Å². The first-order valence-electron chi connectivity index (χ1n) is 7.88. The number of H-pyrrole nitrogens is 1. The summed E-state index contributed by atoms with van der Waals surface area (Å²) < 4.78 is 0. The Morgan fingerprint density at radius 3 is 2.56 bits per heavy atom. The maximum Gasteiger partial charge on any atom is 0.196 e. The molecule has 0 aliphatic carbocycles. The van der Waals surface area contributed by atoms with E-state index >= 15 is 0 Å². The number of benzene rings is 3. The van der Waals surface area contributed by atoms with E-state index in [1.165, 1.54) is 0 Å². The van der Waals surface area contributed by atoms with Crippen molar-refractivity contribution in [2.45, 2.75) is 6.92 Å². The molecular weight excluding hydrogens is 314 g/mol. The van der Waals surface area contributed by atoms with Gasteiger partial charge in [0.15, 0.2) is 5.78 Å². The molecule has 1 aromatic heterocycles. The quantitative estimate of drug-likeness (QED) is 0.559. The summed E-state index contributed by atoms with van der Waals surface area (Å²) in [6.07, 6.45) is 0. The summed E-state index contributed by atoms with van der Waals surface area (Å²) in [4.78, 5) is 12.8. The van der Waals surface area contributed by atoms with Gasteiger partial charge in [0, 0.05) is 16.7 Å². The van der Waals surface area contributed by atoms with Crippen LogP contribution in [-0.2, 0) is 0 Å². The van der Waals surface area contributed by atoms with Gasteiger partial charge < -0.3 is 5.11 Å². The molecule has 0 radical (unpaired) electrons. The minimum Gasteiger partial charge on any atom is -0.507 e. The Balaban J connectivity index is 1.93. The second-order valence-electron chi connectivity index (χ2n) is 5.90. The van der Waals surface area contributed by atoms with E-state index in [0.29, 0.717) is 22.2 Å². The van der Waals surface area contributed by atoms with Crippen molar-refractivity contribution >= 4 is 16.8 Å². The zero-order valence-electron chi connectivity index (χ0n) is 13.5. The fourth-order valence-corrected chi connectivity index (χ4v) is 2.99. The van der Waals surface area contributed by atoms with Crippen molar-refractivity contribution in [3.8, 4) is 16.9 Å². The van der Waals surface area contributed by atoms with E-state index in [1.54, 1.807) is 30.3 Å². The molecule has 0 saturated heterocycles. The van der Waals surface area contributed by atoms with Crippen LogP contribution in [0.1, 0.15) is 21.5 Å². The Kier molecular flexibility index (Phi) is 3.54. The summed E-state index contributed by atoms with van der Waals surface area (Å²) in [6, 6.07) is 18.0. The number of hydrogen-bond donors (Lipinski definition) is 2. The number of rotatable bonds is 3. The Morgan fingerprint density at radius 1 is 0.960 bits per heavy atom. The number of nitrogens with one attached hydrogen (secondary N) is 1. The SMILES string of the molecule is Cc1cc(C(=O)c2ccccc2)c(O)c(-c2cccc3n[nH]nc23)c1. The number of aryl methyl sites for hydroxylation is 1. The first kappa shape index (κ1) is 15.1. The lowest BCUT2D eigenvalue weighted by molar-refractivity contribution is 0.103. The van der Waals surface area contributed by atoms with Crippen molar-refractivity contribution in [3.63, 3.8) is 0 Å². The van der Waals surface area contributed by atoms with Gasteiger partial charge in [-0.05, 0) is 30.7 Å². The molecule has 1 heterocycles. The summed E-state index contributed by atoms with van der Waals surface area (Å²) in [5, 5.41) is 21.7. The van der Waals surface area contributed by atoms with Gasteiger partial charge in [0.05, 0.1) is 5.56 Å². The molecule has 0 amide bonds. The van der Waals surface area contributed by atoms with Crippen LogP contribution >= 0.6 is 0 Å². The maximum absolute atomic E-state index is 12.8. The van der Waals surface area contributed by atoms with Crippen molar-refractivity contribution in [3.05, 3.63) is 77.4 Å². The zero-order valence-corrected chi connectivity index (χ0v) is 13.5. The molecule has 5 nitrogen and oxygen atoms in total. The fraction of sp³-hybridized carbons (Fsp3) is 0.0500. The highest BCUT2D eigenvalue weighted by molar-refractivity contribution is 6.12. The molecule has 0 atom stereocenters. The summed E-state index contributed by atoms with van der Waals surface area (Å²) in [6.45, 7) is 1.90. The third kappa shape index (κ3) is 2.55. The van der Waals surface area contributed by atoms with Gasteiger partial charge in [-0.1, -0.05) is 42.5 Å². The normalized spacial score (nSPS) is 10.9. The van der Waals surface area contributed by atoms with E-state index in [4.69, 9.17) is 0 Å². The highest BCUT2D eigenvalue weighted by atomic mass is 16.3. The van der Waals surface area contributed by atoms with Crippen molar-refractivity contribution in [2.24, 2.45) is 0 Å². The average Bonchev–Trinajstić information content (AvgIpc) is 3.12. The first-order valence-corrected chi connectivity index (χ1v) is 7.88. The summed E-state index contributed by atoms with van der Waals surface area (Å²) in [5.74, 6) is -0.259. The number of hydrogen-bond acceptors (Lipinski definition) is 4. The first-order chi connectivity index (χ1) is 12.1. The molecule has 3 aromatic carbocycles. The molecule has 4 rings (SSSR count). The zero-order chi connectivity index (χ0) is 17.4. The van der Waals surface area contributed by atoms with Gasteiger partial charge in [-0.15, -0.1) is 0 Å². The predicted molar refractivity (Wildman–Crippen MR) is 95.6 cm³/mol. The largest absolute Gasteiger partial charge is 0.507 e. The number of carbonyl (C=O) groups excluding carboxylic acids is 1. The van der Waals surface area contributed by atoms with Gasteiger partial charge in [-0.3, -0.25) is 4.79 Å². The predicted octanol–water partition coefficient (Wildman–Crippen LogP) is 3.87. The van der Waals surface area contributed by atoms with E-state index in [0.717, 1.165) is 11.1 Å². The van der Waals surface area contributed by atoms with Crippen molar-refractivity contribution in [1.82, 2.24) is 15.4 Å². The third-order valence-corrected chi connectivity index (χ3v) is 4.17. The van der Waals surface area contributed by atoms with E-state index in [9.17, 15) is 9.90 Å². The highest BCUT2D eigenvalue weighted by Crippen LogP contribution is 2.37. The topological polar surface area (TPSA) is 78.9 Å². The molecule has 0 spiro atoms. The number of aromatic nitrogens is 3. The van der Waals surface area contributed by atoms with Crippen LogP contribution < -0.4 is 0 Å². The lowest BCUT2D eigenvalue weighted by atomic mass is 9.94. The second kappa shape index (κ2) is 5.87. The molecule has 4 aromatic rings. The van der Waals surface area contributed by atoms with Gasteiger partial charge in [-0.25, -0.2) is 0 Å². The summed E-state index contributed by atoms with van der Waals surface area (Å²) in [7, 11) is 0. The number of phenolic OH excluding ortho intramolecular Hbond substituents is 1. The second-order valence-corrected chi connectivity index (χ2v) is 5.90. The molecule has 2 N–H and O–H groups in total.